The van der Waals surface area contributed by atoms with Gasteiger partial charge in [0, 0.05) is 6.04 Å². The molecule has 0 aliphatic heterocycles. The van der Waals surface area contributed by atoms with Crippen LogP contribution in [0.15, 0.2) is 30.3 Å². The Bertz CT molecular complexity index is 954. The van der Waals surface area contributed by atoms with Crippen LogP contribution in [0.3, 0.4) is 0 Å². The minimum Gasteiger partial charge on any atom is -0.493 e. The summed E-state index contributed by atoms with van der Waals surface area (Å²) in [6.07, 6.45) is 4.96. The summed E-state index contributed by atoms with van der Waals surface area (Å²) >= 11 is 0. The highest BCUT2D eigenvalue weighted by atomic mass is 16.5. The second-order valence-corrected chi connectivity index (χ2v) is 8.84. The van der Waals surface area contributed by atoms with E-state index >= 15 is 0 Å². The number of esters is 1. The van der Waals surface area contributed by atoms with E-state index in [-0.39, 0.29) is 0 Å². The van der Waals surface area contributed by atoms with Gasteiger partial charge in [0.1, 0.15) is 0 Å². The first-order valence-corrected chi connectivity index (χ1v) is 12.8. The second kappa shape index (κ2) is 15.9. The number of rotatable bonds is 17. The van der Waals surface area contributed by atoms with Gasteiger partial charge in [-0.25, -0.2) is 4.79 Å². The van der Waals surface area contributed by atoms with Gasteiger partial charge in [0.15, 0.2) is 23.0 Å². The number of unbranched alkanes of at least 4 members (excludes halogenated alkanes) is 3. The van der Waals surface area contributed by atoms with Crippen LogP contribution in [0.2, 0.25) is 0 Å². The second-order valence-electron chi connectivity index (χ2n) is 8.84. The van der Waals surface area contributed by atoms with Gasteiger partial charge in [-0.2, -0.15) is 0 Å². The third-order valence-corrected chi connectivity index (χ3v) is 6.48. The Kier molecular flexibility index (Phi) is 12.9. The molecule has 2 aromatic rings. The molecule has 0 radical (unpaired) electrons. The van der Waals surface area contributed by atoms with E-state index < -0.39 is 5.97 Å². The van der Waals surface area contributed by atoms with Gasteiger partial charge in [-0.3, -0.25) is 0 Å². The van der Waals surface area contributed by atoms with Crippen molar-refractivity contribution < 1.29 is 33.2 Å². The lowest BCUT2D eigenvalue weighted by molar-refractivity contribution is 0.0496. The maximum Gasteiger partial charge on any atom is 0.338 e. The molecule has 1 unspecified atom stereocenters. The maximum atomic E-state index is 12.5. The topological polar surface area (TPSA) is 75.7 Å². The highest BCUT2D eigenvalue weighted by molar-refractivity contribution is 5.91. The molecule has 0 fully saturated rings. The molecule has 0 amide bonds. The first-order valence-electron chi connectivity index (χ1n) is 12.8. The summed E-state index contributed by atoms with van der Waals surface area (Å²) in [5, 5.41) is 0. The van der Waals surface area contributed by atoms with Crippen molar-refractivity contribution in [2.75, 3.05) is 55.2 Å². The molecule has 8 nitrogen and oxygen atoms in total. The minimum absolute atomic E-state index is 0.372. The number of hydrogen-bond acceptors (Lipinski definition) is 8. The third kappa shape index (κ3) is 8.74. The number of hydrogen-bond donors (Lipinski definition) is 0. The molecule has 2 aromatic carbocycles. The first kappa shape index (κ1) is 30.1. The Morgan fingerprint density at radius 2 is 1.41 bits per heavy atom. The number of carbonyl (C=O) groups is 1. The van der Waals surface area contributed by atoms with Gasteiger partial charge < -0.3 is 33.3 Å². The fraction of sp³-hybridized carbons (Fsp3) is 0.552. The van der Waals surface area contributed by atoms with Gasteiger partial charge in [0.2, 0.25) is 5.75 Å². The number of ether oxygens (including phenoxy) is 6. The summed E-state index contributed by atoms with van der Waals surface area (Å²) in [5.74, 6) is 2.41. The molecule has 0 aliphatic rings. The summed E-state index contributed by atoms with van der Waals surface area (Å²) in [5.41, 5.74) is 1.61. The normalized spacial score (nSPS) is 11.7. The zero-order valence-corrected chi connectivity index (χ0v) is 23.4. The lowest BCUT2D eigenvalue weighted by Gasteiger charge is -2.28. The van der Waals surface area contributed by atoms with Crippen LogP contribution in [0.1, 0.15) is 55.5 Å². The lowest BCUT2D eigenvalue weighted by atomic mass is 10.0. The molecule has 0 aliphatic carbocycles. The fourth-order valence-electron chi connectivity index (χ4n) is 4.39. The fourth-order valence-corrected chi connectivity index (χ4v) is 4.39. The molecule has 0 spiro atoms. The number of likely N-dealkylation sites (N-methyl/N-ethyl adjacent to an activating group) is 1. The zero-order chi connectivity index (χ0) is 27.2. The molecule has 0 aromatic heterocycles. The highest BCUT2D eigenvalue weighted by Gasteiger charge is 2.18. The van der Waals surface area contributed by atoms with Crippen LogP contribution in [0.5, 0.6) is 28.7 Å². The number of methoxy groups -OCH3 is 5. The minimum atomic E-state index is -0.402. The van der Waals surface area contributed by atoms with Crippen molar-refractivity contribution in [1.82, 2.24) is 4.90 Å². The molecule has 0 bridgehead atoms. The standard InChI is InChI=1S/C29H43NO7/c1-8-30(21(2)17-22-13-14-24(32-3)25(18-22)33-4)15-11-9-10-12-16-37-29(31)23-19-26(34-5)28(36-7)27(20-23)35-6/h13-14,18-21H,8-12,15-17H2,1-7H3. The van der Waals surface area contributed by atoms with E-state index in [9.17, 15) is 4.79 Å². The van der Waals surface area contributed by atoms with Crippen LogP contribution in [0.4, 0.5) is 0 Å². The summed E-state index contributed by atoms with van der Waals surface area (Å²) in [6.45, 7) is 6.89. The zero-order valence-electron chi connectivity index (χ0n) is 23.4. The molecule has 0 saturated carbocycles. The van der Waals surface area contributed by atoms with Crippen LogP contribution in [0.25, 0.3) is 0 Å². The predicted octanol–water partition coefficient (Wildman–Crippen LogP) is 5.40. The monoisotopic (exact) mass is 517 g/mol. The van der Waals surface area contributed by atoms with Crippen molar-refractivity contribution in [3.05, 3.63) is 41.5 Å². The van der Waals surface area contributed by atoms with Gasteiger partial charge in [-0.1, -0.05) is 25.8 Å². The third-order valence-electron chi connectivity index (χ3n) is 6.48. The Morgan fingerprint density at radius 3 is 1.97 bits per heavy atom. The Hall–Kier alpha value is -3.13. The van der Waals surface area contributed by atoms with Crippen molar-refractivity contribution in [2.45, 2.75) is 52.0 Å². The summed E-state index contributed by atoms with van der Waals surface area (Å²) in [7, 11) is 7.87. The highest BCUT2D eigenvalue weighted by Crippen LogP contribution is 2.38. The molecule has 2 rings (SSSR count). The maximum absolute atomic E-state index is 12.5. The summed E-state index contributed by atoms with van der Waals surface area (Å²) < 4.78 is 32.2. The van der Waals surface area contributed by atoms with Gasteiger partial charge in [-0.15, -0.1) is 0 Å². The SMILES string of the molecule is CCN(CCCCCCOC(=O)c1cc(OC)c(OC)c(OC)c1)C(C)Cc1ccc(OC)c(OC)c1. The van der Waals surface area contributed by atoms with Crippen LogP contribution >= 0.6 is 0 Å². The van der Waals surface area contributed by atoms with Crippen molar-refractivity contribution >= 4 is 5.97 Å². The van der Waals surface area contributed by atoms with E-state index in [1.54, 1.807) is 26.4 Å². The van der Waals surface area contributed by atoms with Crippen LogP contribution in [-0.2, 0) is 11.2 Å². The molecule has 8 heteroatoms. The molecular weight excluding hydrogens is 474 g/mol. The van der Waals surface area contributed by atoms with E-state index in [4.69, 9.17) is 28.4 Å². The van der Waals surface area contributed by atoms with Crippen molar-refractivity contribution in [3.63, 3.8) is 0 Å². The largest absolute Gasteiger partial charge is 0.493 e. The predicted molar refractivity (Wildman–Crippen MR) is 145 cm³/mol. The van der Waals surface area contributed by atoms with E-state index in [0.717, 1.165) is 56.7 Å². The molecule has 206 valence electrons. The smallest absolute Gasteiger partial charge is 0.338 e. The summed E-state index contributed by atoms with van der Waals surface area (Å²) in [4.78, 5) is 15.0. The van der Waals surface area contributed by atoms with E-state index in [1.807, 2.05) is 6.07 Å². The quantitative estimate of drug-likeness (QED) is 0.204. The molecule has 0 saturated heterocycles. The Balaban J connectivity index is 1.73. The van der Waals surface area contributed by atoms with Gasteiger partial charge in [0.25, 0.3) is 0 Å². The van der Waals surface area contributed by atoms with Crippen molar-refractivity contribution in [2.24, 2.45) is 0 Å². The van der Waals surface area contributed by atoms with Crippen LogP contribution in [-0.4, -0.2) is 72.2 Å². The average molecular weight is 518 g/mol. The van der Waals surface area contributed by atoms with Crippen LogP contribution in [0, 0.1) is 0 Å². The molecular formula is C29H43NO7. The van der Waals surface area contributed by atoms with E-state index in [0.29, 0.717) is 35.5 Å². The molecule has 0 heterocycles. The lowest BCUT2D eigenvalue weighted by Crippen LogP contribution is -2.35. The van der Waals surface area contributed by atoms with Gasteiger partial charge in [0.05, 0.1) is 47.7 Å². The van der Waals surface area contributed by atoms with Crippen molar-refractivity contribution in [1.29, 1.82) is 0 Å². The molecule has 0 N–H and O–H groups in total. The Labute approximate surface area is 221 Å². The van der Waals surface area contributed by atoms with Crippen LogP contribution < -0.4 is 23.7 Å². The summed E-state index contributed by atoms with van der Waals surface area (Å²) in [6, 6.07) is 9.75. The molecule has 37 heavy (non-hydrogen) atoms. The van der Waals surface area contributed by atoms with Gasteiger partial charge in [-0.05, 0) is 69.1 Å². The number of benzene rings is 2. The van der Waals surface area contributed by atoms with E-state index in [2.05, 4.69) is 30.9 Å². The van der Waals surface area contributed by atoms with E-state index in [1.165, 1.54) is 26.9 Å². The molecule has 1 atom stereocenters. The number of nitrogens with zero attached hydrogens (tertiary/aromatic N) is 1. The number of carbonyl (C=O) groups excluding carboxylic acids is 1. The average Bonchev–Trinajstić information content (AvgIpc) is 2.93. The van der Waals surface area contributed by atoms with Crippen molar-refractivity contribution in [3.8, 4) is 28.7 Å². The Morgan fingerprint density at radius 1 is 0.784 bits per heavy atom. The first-order chi connectivity index (χ1) is 17.9. The van der Waals surface area contributed by atoms with Gasteiger partial charge >= 0.3 is 5.97 Å².